The number of esters is 1. The number of aliphatic hydroxyl groups is 1. The molecule has 14 heteroatoms. The lowest BCUT2D eigenvalue weighted by Gasteiger charge is -2.25. The molecule has 4 rings (SSSR count). The summed E-state index contributed by atoms with van der Waals surface area (Å²) in [6, 6.07) is 12.5. The van der Waals surface area contributed by atoms with E-state index in [0.29, 0.717) is 5.39 Å². The van der Waals surface area contributed by atoms with Crippen LogP contribution in [-0.4, -0.2) is 57.8 Å². The summed E-state index contributed by atoms with van der Waals surface area (Å²) in [5, 5.41) is 14.4. The van der Waals surface area contributed by atoms with E-state index < -0.39 is 62.8 Å². The van der Waals surface area contributed by atoms with Crippen molar-refractivity contribution in [1.82, 2.24) is 14.6 Å². The number of fused-ring (bicyclic) bond motifs is 1. The number of hydrogen-bond acceptors (Lipinski definition) is 10. The molecule has 0 radical (unpaired) electrons. The summed E-state index contributed by atoms with van der Waals surface area (Å²) in [6.07, 6.45) is -5.88. The summed E-state index contributed by atoms with van der Waals surface area (Å²) in [7, 11) is -4.37. The molecule has 0 aliphatic carbocycles. The van der Waals surface area contributed by atoms with Crippen molar-refractivity contribution in [3.63, 3.8) is 0 Å². The summed E-state index contributed by atoms with van der Waals surface area (Å²) in [6.45, 7) is 4.13. The number of carbonyl (C=O) groups is 1. The fourth-order valence-electron chi connectivity index (χ4n) is 3.98. The van der Waals surface area contributed by atoms with Gasteiger partial charge in [-0.25, -0.2) is 13.8 Å². The number of aliphatic hydroxyl groups excluding tert-OH is 1. The molecule has 1 aliphatic heterocycles. The van der Waals surface area contributed by atoms with Gasteiger partial charge in [-0.2, -0.15) is 10.1 Å². The average molecular weight is 565 g/mol. The van der Waals surface area contributed by atoms with E-state index in [1.807, 2.05) is 18.2 Å². The van der Waals surface area contributed by atoms with Gasteiger partial charge in [-0.1, -0.05) is 36.4 Å². The first-order valence-corrected chi connectivity index (χ1v) is 13.7. The van der Waals surface area contributed by atoms with Gasteiger partial charge in [0.2, 0.25) is 0 Å². The summed E-state index contributed by atoms with van der Waals surface area (Å²) in [4.78, 5) is 28.1. The highest BCUT2D eigenvalue weighted by Crippen LogP contribution is 2.47. The van der Waals surface area contributed by atoms with Gasteiger partial charge in [-0.3, -0.25) is 13.9 Å². The molecule has 2 aromatic carbocycles. The molecule has 210 valence electrons. The Hall–Kier alpha value is -3.35. The molecule has 12 nitrogen and oxygen atoms in total. The van der Waals surface area contributed by atoms with E-state index in [2.05, 4.69) is 10.1 Å². The largest absolute Gasteiger partial charge is 0.462 e. The number of ether oxygens (including phenoxy) is 2. The topological polar surface area (TPSA) is 164 Å². The van der Waals surface area contributed by atoms with Crippen LogP contribution >= 0.6 is 7.75 Å². The molecule has 0 bridgehead atoms. The molecule has 4 N–H and O–H groups in total. The number of alkyl halides is 1. The molecule has 39 heavy (non-hydrogen) atoms. The lowest BCUT2D eigenvalue weighted by Crippen LogP contribution is -2.37. The Balaban J connectivity index is 1.56. The third-order valence-corrected chi connectivity index (χ3v) is 7.48. The minimum absolute atomic E-state index is 0.0622. The zero-order valence-corrected chi connectivity index (χ0v) is 22.4. The third-order valence-electron chi connectivity index (χ3n) is 5.85. The first-order valence-electron chi connectivity index (χ1n) is 12.2. The van der Waals surface area contributed by atoms with Crippen molar-refractivity contribution in [2.45, 2.75) is 57.5 Å². The maximum atomic E-state index is 15.0. The predicted molar refractivity (Wildman–Crippen MR) is 140 cm³/mol. The monoisotopic (exact) mass is 564 g/mol. The molecule has 1 saturated heterocycles. The summed E-state index contributed by atoms with van der Waals surface area (Å²) in [5.74, 6) is -0.568. The van der Waals surface area contributed by atoms with Crippen molar-refractivity contribution in [2.24, 2.45) is 0 Å². The standard InChI is InChI=1S/C25H30FN4O8P/c1-14(2)36-24(32)15(3)29-39(34,38-18-10-6-8-16-7-4-5-9-17(16)18)35-13-19-22(31)21(26)23(37-19)30-12-11-20(27)28-25(30)33/h4-12,14-15,19,21-23,31H,13H2,1-3H3,(H,29,34)(H2,27,28,33)/t15-,19?,21?,22?,23?,39?/m0/s1. The fourth-order valence-corrected chi connectivity index (χ4v) is 5.50. The SMILES string of the molecule is CC(C)OC(=O)[C@H](C)NP(=O)(OCC1OC(n2ccc(N)nc2=O)C(F)C1O)Oc1cccc2ccccc12. The lowest BCUT2D eigenvalue weighted by molar-refractivity contribution is -0.149. The first kappa shape index (κ1) is 28.7. The molecule has 0 amide bonds. The van der Waals surface area contributed by atoms with Gasteiger partial charge in [0.1, 0.15) is 29.8 Å². The van der Waals surface area contributed by atoms with Crippen LogP contribution in [0.25, 0.3) is 10.8 Å². The highest BCUT2D eigenvalue weighted by atomic mass is 31.2. The Morgan fingerprint density at radius 3 is 2.67 bits per heavy atom. The van der Waals surface area contributed by atoms with Gasteiger partial charge in [0, 0.05) is 11.6 Å². The van der Waals surface area contributed by atoms with Crippen LogP contribution in [-0.2, 0) is 23.4 Å². The van der Waals surface area contributed by atoms with E-state index in [4.69, 9.17) is 24.3 Å². The number of anilines is 1. The van der Waals surface area contributed by atoms with Crippen molar-refractivity contribution in [3.8, 4) is 5.75 Å². The molecule has 0 spiro atoms. The van der Waals surface area contributed by atoms with Gasteiger partial charge >= 0.3 is 19.4 Å². The average Bonchev–Trinajstić information content (AvgIpc) is 3.16. The van der Waals surface area contributed by atoms with E-state index in [1.165, 1.54) is 19.2 Å². The molecule has 1 aliphatic rings. The number of nitrogens with zero attached hydrogens (tertiary/aromatic N) is 2. The van der Waals surface area contributed by atoms with E-state index in [0.717, 1.165) is 9.95 Å². The van der Waals surface area contributed by atoms with Gasteiger partial charge < -0.3 is 24.8 Å². The highest BCUT2D eigenvalue weighted by molar-refractivity contribution is 7.52. The lowest BCUT2D eigenvalue weighted by atomic mass is 10.1. The van der Waals surface area contributed by atoms with Gasteiger partial charge in [-0.05, 0) is 38.3 Å². The molecule has 1 aromatic heterocycles. The maximum absolute atomic E-state index is 15.0. The fraction of sp³-hybridized carbons (Fsp3) is 0.400. The zero-order valence-electron chi connectivity index (χ0n) is 21.5. The van der Waals surface area contributed by atoms with E-state index in [-0.39, 0.29) is 11.6 Å². The molecular formula is C25H30FN4O8P. The van der Waals surface area contributed by atoms with Gasteiger partial charge in [0.15, 0.2) is 12.4 Å². The normalized spacial score (nSPS) is 23.4. The van der Waals surface area contributed by atoms with Crippen LogP contribution in [0.3, 0.4) is 0 Å². The van der Waals surface area contributed by atoms with Crippen LogP contribution in [0.1, 0.15) is 27.0 Å². The Morgan fingerprint density at radius 1 is 1.23 bits per heavy atom. The molecule has 6 atom stereocenters. The molecule has 1 fully saturated rings. The number of nitrogen functional groups attached to an aromatic ring is 1. The first-order chi connectivity index (χ1) is 18.5. The van der Waals surface area contributed by atoms with Crippen molar-refractivity contribution < 1.29 is 37.4 Å². The van der Waals surface area contributed by atoms with Gasteiger partial charge in [-0.15, -0.1) is 0 Å². The maximum Gasteiger partial charge on any atom is 0.459 e. The molecule has 3 aromatic rings. The zero-order chi connectivity index (χ0) is 28.3. The molecule has 0 saturated carbocycles. The van der Waals surface area contributed by atoms with Crippen molar-refractivity contribution in [3.05, 3.63) is 65.2 Å². The van der Waals surface area contributed by atoms with E-state index >= 15 is 0 Å². The van der Waals surface area contributed by atoms with Crippen LogP contribution in [0.15, 0.2) is 59.5 Å². The number of nitrogens with one attached hydrogen (secondary N) is 1. The number of carbonyl (C=O) groups excluding carboxylic acids is 1. The second-order valence-corrected chi connectivity index (χ2v) is 10.9. The molecular weight excluding hydrogens is 534 g/mol. The second-order valence-electron chi connectivity index (χ2n) is 9.24. The van der Waals surface area contributed by atoms with Crippen LogP contribution < -0.4 is 21.0 Å². The van der Waals surface area contributed by atoms with Crippen molar-refractivity contribution >= 4 is 30.3 Å². The minimum Gasteiger partial charge on any atom is -0.462 e. The number of rotatable bonds is 10. The summed E-state index contributed by atoms with van der Waals surface area (Å²) >= 11 is 0. The minimum atomic E-state index is -4.37. The van der Waals surface area contributed by atoms with Crippen LogP contribution in [0, 0.1) is 0 Å². The number of aromatic nitrogens is 2. The molecule has 5 unspecified atom stereocenters. The Labute approximate surface area is 223 Å². The Morgan fingerprint density at radius 2 is 1.95 bits per heavy atom. The van der Waals surface area contributed by atoms with E-state index in [9.17, 15) is 23.7 Å². The highest BCUT2D eigenvalue weighted by Gasteiger charge is 2.47. The van der Waals surface area contributed by atoms with Crippen molar-refractivity contribution in [2.75, 3.05) is 12.3 Å². The number of benzene rings is 2. The summed E-state index contributed by atoms with van der Waals surface area (Å²) < 4.78 is 51.9. The number of hydrogen-bond donors (Lipinski definition) is 3. The number of halogens is 1. The smallest absolute Gasteiger partial charge is 0.459 e. The van der Waals surface area contributed by atoms with Crippen LogP contribution in [0.2, 0.25) is 0 Å². The van der Waals surface area contributed by atoms with Crippen LogP contribution in [0.5, 0.6) is 5.75 Å². The van der Waals surface area contributed by atoms with Gasteiger partial charge in [0.25, 0.3) is 0 Å². The van der Waals surface area contributed by atoms with Crippen molar-refractivity contribution in [1.29, 1.82) is 0 Å². The summed E-state index contributed by atoms with van der Waals surface area (Å²) in [5.41, 5.74) is 4.61. The Bertz CT molecular complexity index is 1430. The quantitative estimate of drug-likeness (QED) is 0.245. The third kappa shape index (κ3) is 6.63. The molecule has 2 heterocycles. The second kappa shape index (κ2) is 11.8. The predicted octanol–water partition coefficient (Wildman–Crippen LogP) is 2.71. The van der Waals surface area contributed by atoms with Gasteiger partial charge in [0.05, 0.1) is 12.7 Å². The number of nitrogens with two attached hydrogens (primary N) is 1. The van der Waals surface area contributed by atoms with E-state index in [1.54, 1.807) is 38.1 Å². The Kier molecular flexibility index (Phi) is 8.67. The van der Waals surface area contributed by atoms with Crippen LogP contribution in [0.4, 0.5) is 10.2 Å².